The van der Waals surface area contributed by atoms with Crippen molar-refractivity contribution < 1.29 is 14.3 Å². The van der Waals surface area contributed by atoms with Gasteiger partial charge in [0.2, 0.25) is 5.76 Å². The second-order valence-corrected chi connectivity index (χ2v) is 5.03. The molecule has 1 aromatic rings. The highest BCUT2D eigenvalue weighted by molar-refractivity contribution is 5.86. The van der Waals surface area contributed by atoms with E-state index in [1.54, 1.807) is 6.07 Å². The maximum Gasteiger partial charge on any atom is 0.372 e. The molecule has 0 aromatic carbocycles. The summed E-state index contributed by atoms with van der Waals surface area (Å²) >= 11 is 0. The average Bonchev–Trinajstić information content (AvgIpc) is 2.90. The first-order valence-corrected chi connectivity index (χ1v) is 7.33. The molecule has 1 unspecified atom stereocenters. The van der Waals surface area contributed by atoms with Crippen LogP contribution in [0, 0.1) is 0 Å². The monoisotopic (exact) mass is 282 g/mol. The van der Waals surface area contributed by atoms with Crippen LogP contribution in [0.3, 0.4) is 0 Å². The fraction of sp³-hybridized carbons (Fsp3) is 0.667. The van der Waals surface area contributed by atoms with Crippen LogP contribution in [-0.4, -0.2) is 41.7 Å². The van der Waals surface area contributed by atoms with Gasteiger partial charge in [-0.1, -0.05) is 13.8 Å². The van der Waals surface area contributed by atoms with Gasteiger partial charge in [0.25, 0.3) is 0 Å². The molecular formula is C15H26N2O3. The highest BCUT2D eigenvalue weighted by atomic mass is 16.4. The SMILES string of the molecule is CCN(CC)CCCC(C)NCc1ccoc1C(=O)O. The highest BCUT2D eigenvalue weighted by Crippen LogP contribution is 2.11. The molecule has 0 spiro atoms. The number of furan rings is 1. The van der Waals surface area contributed by atoms with Crippen molar-refractivity contribution in [3.63, 3.8) is 0 Å². The van der Waals surface area contributed by atoms with Gasteiger partial charge in [-0.15, -0.1) is 0 Å². The summed E-state index contributed by atoms with van der Waals surface area (Å²) in [5, 5.41) is 12.3. The Morgan fingerprint density at radius 3 is 2.75 bits per heavy atom. The lowest BCUT2D eigenvalue weighted by Gasteiger charge is -2.19. The zero-order valence-corrected chi connectivity index (χ0v) is 12.7. The summed E-state index contributed by atoms with van der Waals surface area (Å²) in [6.45, 7) is 10.3. The Balaban J connectivity index is 2.27. The molecule has 5 nitrogen and oxygen atoms in total. The van der Waals surface area contributed by atoms with Gasteiger partial charge in [0.15, 0.2) is 0 Å². The lowest BCUT2D eigenvalue weighted by atomic mass is 10.1. The quantitative estimate of drug-likeness (QED) is 0.690. The van der Waals surface area contributed by atoms with E-state index in [0.717, 1.165) is 32.5 Å². The van der Waals surface area contributed by atoms with Crippen molar-refractivity contribution >= 4 is 5.97 Å². The van der Waals surface area contributed by atoms with E-state index >= 15 is 0 Å². The fourth-order valence-electron chi connectivity index (χ4n) is 2.21. The maximum atomic E-state index is 10.9. The Bertz CT molecular complexity index is 400. The molecule has 0 bridgehead atoms. The topological polar surface area (TPSA) is 65.7 Å². The van der Waals surface area contributed by atoms with Crippen molar-refractivity contribution in [2.45, 2.75) is 46.2 Å². The standard InChI is InChI=1S/C15H26N2O3/c1-4-17(5-2)9-6-7-12(3)16-11-13-8-10-20-14(13)15(18)19/h8,10,12,16H,4-7,9,11H2,1-3H3,(H,18,19). The summed E-state index contributed by atoms with van der Waals surface area (Å²) in [5.74, 6) is -0.978. The van der Waals surface area contributed by atoms with E-state index in [2.05, 4.69) is 31.0 Å². The van der Waals surface area contributed by atoms with Crippen molar-refractivity contribution in [1.82, 2.24) is 10.2 Å². The predicted octanol–water partition coefficient (Wildman–Crippen LogP) is 2.58. The molecule has 2 N–H and O–H groups in total. The van der Waals surface area contributed by atoms with Gasteiger partial charge >= 0.3 is 5.97 Å². The second kappa shape index (κ2) is 8.76. The molecule has 0 saturated carbocycles. The third-order valence-electron chi connectivity index (χ3n) is 3.59. The number of hydrogen-bond donors (Lipinski definition) is 2. The van der Waals surface area contributed by atoms with Gasteiger partial charge < -0.3 is 19.7 Å². The second-order valence-electron chi connectivity index (χ2n) is 5.03. The molecule has 0 amide bonds. The molecule has 1 atom stereocenters. The van der Waals surface area contributed by atoms with Gasteiger partial charge in [-0.2, -0.15) is 0 Å². The Morgan fingerprint density at radius 2 is 2.15 bits per heavy atom. The minimum absolute atomic E-state index is 0.0350. The predicted molar refractivity (Wildman–Crippen MR) is 79.0 cm³/mol. The summed E-state index contributed by atoms with van der Waals surface area (Å²) < 4.78 is 4.95. The largest absolute Gasteiger partial charge is 0.475 e. The maximum absolute atomic E-state index is 10.9. The van der Waals surface area contributed by atoms with Gasteiger partial charge in [-0.3, -0.25) is 0 Å². The minimum Gasteiger partial charge on any atom is -0.475 e. The van der Waals surface area contributed by atoms with Gasteiger partial charge in [0.1, 0.15) is 0 Å². The number of rotatable bonds is 10. The van der Waals surface area contributed by atoms with Crippen LogP contribution in [0.15, 0.2) is 16.7 Å². The molecule has 20 heavy (non-hydrogen) atoms. The van der Waals surface area contributed by atoms with Crippen molar-refractivity contribution in [2.75, 3.05) is 19.6 Å². The first kappa shape index (κ1) is 16.7. The van der Waals surface area contributed by atoms with E-state index in [9.17, 15) is 4.79 Å². The molecule has 1 aromatic heterocycles. The van der Waals surface area contributed by atoms with Crippen LogP contribution in [0.25, 0.3) is 0 Å². The van der Waals surface area contributed by atoms with Crippen molar-refractivity contribution in [1.29, 1.82) is 0 Å². The van der Waals surface area contributed by atoms with Crippen LogP contribution in [-0.2, 0) is 6.54 Å². The zero-order chi connectivity index (χ0) is 15.0. The first-order valence-electron chi connectivity index (χ1n) is 7.33. The molecule has 1 rings (SSSR count). The summed E-state index contributed by atoms with van der Waals surface area (Å²) in [4.78, 5) is 13.3. The van der Waals surface area contributed by atoms with Crippen LogP contribution in [0.5, 0.6) is 0 Å². The highest BCUT2D eigenvalue weighted by Gasteiger charge is 2.14. The molecule has 0 aliphatic carbocycles. The molecule has 0 radical (unpaired) electrons. The number of carbonyl (C=O) groups is 1. The van der Waals surface area contributed by atoms with Gasteiger partial charge in [-0.25, -0.2) is 4.79 Å². The Kier molecular flexibility index (Phi) is 7.33. The molecular weight excluding hydrogens is 256 g/mol. The molecule has 1 heterocycles. The van der Waals surface area contributed by atoms with E-state index in [4.69, 9.17) is 9.52 Å². The number of nitrogens with zero attached hydrogens (tertiary/aromatic N) is 1. The lowest BCUT2D eigenvalue weighted by Crippen LogP contribution is -2.29. The van der Waals surface area contributed by atoms with Crippen LogP contribution in [0.1, 0.15) is 49.7 Å². The average molecular weight is 282 g/mol. The van der Waals surface area contributed by atoms with E-state index in [1.807, 2.05) is 0 Å². The third kappa shape index (κ3) is 5.35. The number of carboxylic acid groups (broad SMARTS) is 1. The number of hydrogen-bond acceptors (Lipinski definition) is 4. The number of nitrogens with one attached hydrogen (secondary N) is 1. The van der Waals surface area contributed by atoms with Crippen LogP contribution >= 0.6 is 0 Å². The van der Waals surface area contributed by atoms with E-state index in [0.29, 0.717) is 18.2 Å². The zero-order valence-electron chi connectivity index (χ0n) is 12.7. The van der Waals surface area contributed by atoms with E-state index in [-0.39, 0.29) is 5.76 Å². The summed E-state index contributed by atoms with van der Waals surface area (Å²) in [6, 6.07) is 2.07. The molecule has 0 aliphatic rings. The van der Waals surface area contributed by atoms with E-state index < -0.39 is 5.97 Å². The number of carboxylic acids is 1. The third-order valence-corrected chi connectivity index (χ3v) is 3.59. The Hall–Kier alpha value is -1.33. The van der Waals surface area contributed by atoms with Gasteiger partial charge in [-0.05, 0) is 45.5 Å². The summed E-state index contributed by atoms with van der Waals surface area (Å²) in [7, 11) is 0. The number of aromatic carboxylic acids is 1. The van der Waals surface area contributed by atoms with Crippen LogP contribution < -0.4 is 5.32 Å². The molecule has 0 saturated heterocycles. The van der Waals surface area contributed by atoms with Gasteiger partial charge in [0, 0.05) is 18.2 Å². The Morgan fingerprint density at radius 1 is 1.45 bits per heavy atom. The molecule has 0 fully saturated rings. The lowest BCUT2D eigenvalue weighted by molar-refractivity contribution is 0.0660. The molecule has 114 valence electrons. The Labute approximate surface area is 121 Å². The molecule has 5 heteroatoms. The van der Waals surface area contributed by atoms with Crippen LogP contribution in [0.2, 0.25) is 0 Å². The first-order chi connectivity index (χ1) is 9.58. The smallest absolute Gasteiger partial charge is 0.372 e. The van der Waals surface area contributed by atoms with E-state index in [1.165, 1.54) is 6.26 Å². The normalized spacial score (nSPS) is 12.8. The minimum atomic E-state index is -1.01. The van der Waals surface area contributed by atoms with Crippen LogP contribution in [0.4, 0.5) is 0 Å². The fourth-order valence-corrected chi connectivity index (χ4v) is 2.21. The van der Waals surface area contributed by atoms with Crippen molar-refractivity contribution in [2.24, 2.45) is 0 Å². The van der Waals surface area contributed by atoms with Crippen molar-refractivity contribution in [3.05, 3.63) is 23.7 Å². The van der Waals surface area contributed by atoms with Gasteiger partial charge in [0.05, 0.1) is 6.26 Å². The van der Waals surface area contributed by atoms with Crippen molar-refractivity contribution in [3.8, 4) is 0 Å². The summed E-state index contributed by atoms with van der Waals surface area (Å²) in [6.07, 6.45) is 3.65. The molecule has 0 aliphatic heterocycles. The summed E-state index contributed by atoms with van der Waals surface area (Å²) in [5.41, 5.74) is 0.702.